The molecule has 32 heavy (non-hydrogen) atoms. The fraction of sp³-hybridized carbons (Fsp3) is 1.00. The second-order valence-electron chi connectivity index (χ2n) is 14.1. The molecule has 0 saturated heterocycles. The van der Waals surface area contributed by atoms with Crippen molar-refractivity contribution in [1.82, 2.24) is 0 Å². The van der Waals surface area contributed by atoms with E-state index >= 15 is 0 Å². The Labute approximate surface area is 203 Å². The molecule has 0 aliphatic heterocycles. The SMILES string of the molecule is CCC1(C)CC(C)(CC)C2(CC)CC1(CC)C1(CC)CC2(CC)C(C)(CC)CC1(C)CC. The average Bonchev–Trinajstić information content (AvgIpc) is 2.80. The average molecular weight is 445 g/mol. The molecule has 0 heterocycles. The number of hydrogen-bond donors (Lipinski definition) is 0. The van der Waals surface area contributed by atoms with E-state index in [1.165, 1.54) is 77.0 Å². The van der Waals surface area contributed by atoms with Crippen molar-refractivity contribution in [3.8, 4) is 0 Å². The maximum Gasteiger partial charge on any atom is -0.0179 e. The van der Waals surface area contributed by atoms with Crippen LogP contribution in [0.5, 0.6) is 0 Å². The van der Waals surface area contributed by atoms with Gasteiger partial charge in [0.25, 0.3) is 0 Å². The van der Waals surface area contributed by atoms with Crippen molar-refractivity contribution < 1.29 is 0 Å². The lowest BCUT2D eigenvalue weighted by molar-refractivity contribution is -0.378. The van der Waals surface area contributed by atoms with Crippen LogP contribution in [-0.2, 0) is 0 Å². The smallest absolute Gasteiger partial charge is 0.0179 e. The first kappa shape index (κ1) is 26.6. The molecule has 0 radical (unpaired) electrons. The minimum absolute atomic E-state index is 0.442. The molecule has 3 aliphatic carbocycles. The Balaban J connectivity index is 2.54. The van der Waals surface area contributed by atoms with Gasteiger partial charge in [-0.2, -0.15) is 0 Å². The fourth-order valence-corrected chi connectivity index (χ4v) is 12.7. The molecule has 8 unspecified atom stereocenters. The van der Waals surface area contributed by atoms with Crippen molar-refractivity contribution in [3.05, 3.63) is 0 Å². The predicted octanol–water partition coefficient (Wildman–Crippen LogP) is 10.8. The van der Waals surface area contributed by atoms with Crippen LogP contribution in [-0.4, -0.2) is 0 Å². The minimum Gasteiger partial charge on any atom is -0.0648 e. The van der Waals surface area contributed by atoms with Crippen LogP contribution in [0.4, 0.5) is 0 Å². The Kier molecular flexibility index (Phi) is 6.44. The van der Waals surface area contributed by atoms with Crippen LogP contribution in [0.1, 0.15) is 160 Å². The van der Waals surface area contributed by atoms with Gasteiger partial charge in [0.1, 0.15) is 0 Å². The molecular formula is C32H60. The zero-order valence-electron chi connectivity index (χ0n) is 24.5. The van der Waals surface area contributed by atoms with E-state index in [2.05, 4.69) is 83.1 Å². The van der Waals surface area contributed by atoms with Crippen LogP contribution in [0.25, 0.3) is 0 Å². The first-order valence-corrected chi connectivity index (χ1v) is 14.8. The van der Waals surface area contributed by atoms with E-state index in [0.717, 1.165) is 0 Å². The molecule has 4 bridgehead atoms. The molecule has 0 spiro atoms. The molecule has 3 aliphatic rings. The highest BCUT2D eigenvalue weighted by Crippen LogP contribution is 2.90. The molecule has 0 aromatic rings. The van der Waals surface area contributed by atoms with Gasteiger partial charge in [-0.15, -0.1) is 0 Å². The van der Waals surface area contributed by atoms with E-state index < -0.39 is 0 Å². The van der Waals surface area contributed by atoms with Crippen molar-refractivity contribution in [2.75, 3.05) is 0 Å². The van der Waals surface area contributed by atoms with E-state index in [-0.39, 0.29) is 0 Å². The summed E-state index contributed by atoms with van der Waals surface area (Å²) < 4.78 is 0. The number of rotatable bonds is 8. The zero-order chi connectivity index (χ0) is 24.5. The highest BCUT2D eigenvalue weighted by Gasteiger charge is 2.82. The van der Waals surface area contributed by atoms with Crippen LogP contribution in [0.2, 0.25) is 0 Å². The largest absolute Gasteiger partial charge is 0.0648 e. The van der Waals surface area contributed by atoms with Gasteiger partial charge < -0.3 is 0 Å². The van der Waals surface area contributed by atoms with Crippen molar-refractivity contribution in [2.24, 2.45) is 43.3 Å². The third kappa shape index (κ3) is 2.43. The Bertz CT molecular complexity index is 593. The lowest BCUT2D eigenvalue weighted by Gasteiger charge is -2.86. The Morgan fingerprint density at radius 1 is 0.312 bits per heavy atom. The third-order valence-corrected chi connectivity index (χ3v) is 14.8. The van der Waals surface area contributed by atoms with E-state index in [1.54, 1.807) is 0 Å². The van der Waals surface area contributed by atoms with Gasteiger partial charge in [-0.1, -0.05) is 109 Å². The Morgan fingerprint density at radius 2 is 0.500 bits per heavy atom. The quantitative estimate of drug-likeness (QED) is 0.349. The monoisotopic (exact) mass is 444 g/mol. The van der Waals surface area contributed by atoms with Gasteiger partial charge in [-0.25, -0.2) is 0 Å². The summed E-state index contributed by atoms with van der Waals surface area (Å²) in [4.78, 5) is 0. The van der Waals surface area contributed by atoms with Gasteiger partial charge in [-0.3, -0.25) is 0 Å². The summed E-state index contributed by atoms with van der Waals surface area (Å²) in [6.07, 6.45) is 16.8. The van der Waals surface area contributed by atoms with Gasteiger partial charge in [-0.05, 0) is 94.7 Å². The van der Waals surface area contributed by atoms with E-state index in [4.69, 9.17) is 0 Å². The molecule has 0 aromatic heterocycles. The molecule has 188 valence electrons. The van der Waals surface area contributed by atoms with Crippen LogP contribution in [0.3, 0.4) is 0 Å². The van der Waals surface area contributed by atoms with Gasteiger partial charge in [0.05, 0.1) is 0 Å². The Morgan fingerprint density at radius 3 is 0.625 bits per heavy atom. The van der Waals surface area contributed by atoms with Gasteiger partial charge in [0.15, 0.2) is 0 Å². The summed E-state index contributed by atoms with van der Waals surface area (Å²) in [5.41, 5.74) is 3.63. The molecule has 0 aromatic carbocycles. The molecule has 8 atom stereocenters. The minimum atomic E-state index is 0.442. The van der Waals surface area contributed by atoms with Crippen LogP contribution in [0, 0.1) is 43.3 Å². The first-order chi connectivity index (χ1) is 14.8. The van der Waals surface area contributed by atoms with E-state index in [0.29, 0.717) is 43.3 Å². The van der Waals surface area contributed by atoms with Crippen LogP contribution < -0.4 is 0 Å². The van der Waals surface area contributed by atoms with Crippen molar-refractivity contribution >= 4 is 0 Å². The highest BCUT2D eigenvalue weighted by atomic mass is 14.9. The second-order valence-corrected chi connectivity index (χ2v) is 14.1. The topological polar surface area (TPSA) is 0 Å². The molecule has 3 rings (SSSR count). The lowest BCUT2D eigenvalue weighted by atomic mass is 9.18. The maximum absolute atomic E-state index is 2.75. The van der Waals surface area contributed by atoms with Crippen LogP contribution in [0.15, 0.2) is 0 Å². The summed E-state index contributed by atoms with van der Waals surface area (Å²) in [5.74, 6) is 0. The molecule has 0 nitrogen and oxygen atoms in total. The molecule has 0 heteroatoms. The first-order valence-electron chi connectivity index (χ1n) is 14.8. The summed E-state index contributed by atoms with van der Waals surface area (Å²) in [7, 11) is 0. The molecule has 3 saturated carbocycles. The molecule has 0 N–H and O–H groups in total. The van der Waals surface area contributed by atoms with Gasteiger partial charge >= 0.3 is 0 Å². The standard InChI is InChI=1S/C32H60/c1-13-25(9)21-26(10,14-2)31(19-7)23-29(25,17-5)30(18-6)24-32(31,20-8)28(12,16-4)22-27(30,11)15-3/h13-24H2,1-12H3. The van der Waals surface area contributed by atoms with Crippen molar-refractivity contribution in [1.29, 1.82) is 0 Å². The second kappa shape index (κ2) is 7.75. The summed E-state index contributed by atoms with van der Waals surface area (Å²) >= 11 is 0. The normalized spacial score (nSPS) is 55.1. The number of fused-ring (bicyclic) bond motifs is 6. The molecular weight excluding hydrogens is 384 g/mol. The summed E-state index contributed by atoms with van der Waals surface area (Å²) in [5, 5.41) is 0. The van der Waals surface area contributed by atoms with Gasteiger partial charge in [0, 0.05) is 0 Å². The van der Waals surface area contributed by atoms with Gasteiger partial charge in [0.2, 0.25) is 0 Å². The lowest BCUT2D eigenvalue weighted by Crippen LogP contribution is -2.79. The fourth-order valence-electron chi connectivity index (χ4n) is 12.7. The maximum atomic E-state index is 2.75. The third-order valence-electron chi connectivity index (χ3n) is 14.8. The van der Waals surface area contributed by atoms with Crippen LogP contribution >= 0.6 is 0 Å². The summed E-state index contributed by atoms with van der Waals surface area (Å²) in [6.45, 7) is 31.6. The van der Waals surface area contributed by atoms with Crippen molar-refractivity contribution in [2.45, 2.75) is 160 Å². The predicted molar refractivity (Wildman–Crippen MR) is 143 cm³/mol. The van der Waals surface area contributed by atoms with Crippen molar-refractivity contribution in [3.63, 3.8) is 0 Å². The van der Waals surface area contributed by atoms with E-state index in [9.17, 15) is 0 Å². The highest BCUT2D eigenvalue weighted by molar-refractivity contribution is 5.31. The number of hydrogen-bond acceptors (Lipinski definition) is 0. The zero-order valence-corrected chi connectivity index (χ0v) is 24.5. The van der Waals surface area contributed by atoms with E-state index in [1.807, 2.05) is 0 Å². The molecule has 3 fully saturated rings. The Hall–Kier alpha value is 0. The molecule has 0 amide bonds. The summed E-state index contributed by atoms with van der Waals surface area (Å²) in [6, 6.07) is 0.